The van der Waals surface area contributed by atoms with Crippen LogP contribution in [0.1, 0.15) is 33.6 Å². The quantitative estimate of drug-likeness (QED) is 0.316. The molecule has 1 saturated heterocycles. The van der Waals surface area contributed by atoms with Crippen molar-refractivity contribution in [1.29, 1.82) is 0 Å². The fourth-order valence-corrected chi connectivity index (χ4v) is 4.44. The minimum absolute atomic E-state index is 0.0335. The Labute approximate surface area is 221 Å². The van der Waals surface area contributed by atoms with Crippen molar-refractivity contribution in [3.8, 4) is 0 Å². The first-order valence-corrected chi connectivity index (χ1v) is 12.0. The van der Waals surface area contributed by atoms with Gasteiger partial charge < -0.3 is 21.7 Å². The number of nitrogens with zero attached hydrogens (tertiary/aromatic N) is 1. The Bertz CT molecular complexity index is 1170. The van der Waals surface area contributed by atoms with Gasteiger partial charge in [-0.15, -0.1) is 0 Å². The van der Waals surface area contributed by atoms with Gasteiger partial charge in [0.1, 0.15) is 5.70 Å². The van der Waals surface area contributed by atoms with Crippen LogP contribution < -0.4 is 21.7 Å². The van der Waals surface area contributed by atoms with Crippen LogP contribution in [0.3, 0.4) is 0 Å². The zero-order chi connectivity index (χ0) is 25.5. The van der Waals surface area contributed by atoms with Gasteiger partial charge in [0.25, 0.3) is 17.7 Å². The van der Waals surface area contributed by atoms with Gasteiger partial charge in [0.15, 0.2) is 0 Å². The maximum Gasteiger partial charge on any atom is 0.280 e. The number of piperidine rings is 1. The van der Waals surface area contributed by atoms with Crippen LogP contribution in [0.4, 0.5) is 0 Å². The summed E-state index contributed by atoms with van der Waals surface area (Å²) in [5, 5.41) is 8.84. The Kier molecular flexibility index (Phi) is 9.54. The van der Waals surface area contributed by atoms with E-state index in [9.17, 15) is 14.4 Å². The molecule has 0 saturated carbocycles. The molecular weight excluding hydrogens is 536 g/mol. The molecule has 184 valence electrons. The molecule has 0 unspecified atom stereocenters. The van der Waals surface area contributed by atoms with Crippen LogP contribution in [0.15, 0.2) is 52.8 Å². The highest BCUT2D eigenvalue weighted by Gasteiger charge is 2.22. The number of nitrogens with two attached hydrogens (primary N) is 1. The smallest absolute Gasteiger partial charge is 0.280 e. The Morgan fingerprint density at radius 1 is 0.914 bits per heavy atom. The zero-order valence-corrected chi connectivity index (χ0v) is 21.2. The van der Waals surface area contributed by atoms with E-state index in [1.54, 1.807) is 12.1 Å². The minimum Gasteiger partial charge on any atom is -0.393 e. The van der Waals surface area contributed by atoms with Gasteiger partial charge in [0.05, 0.1) is 43.1 Å². The highest BCUT2D eigenvalue weighted by Crippen LogP contribution is 2.26. The lowest BCUT2D eigenvalue weighted by atomic mass is 10.1. The predicted molar refractivity (Wildman–Crippen MR) is 138 cm³/mol. The van der Waals surface area contributed by atoms with E-state index >= 15 is 0 Å². The molecule has 0 spiro atoms. The van der Waals surface area contributed by atoms with Crippen LogP contribution in [0.2, 0.25) is 20.1 Å². The van der Waals surface area contributed by atoms with E-state index in [0.29, 0.717) is 12.8 Å². The van der Waals surface area contributed by atoms with E-state index in [2.05, 4.69) is 20.9 Å². The SMILES string of the molecule is N/C(C(=O)NC1CCNCC1)=C(\C=NC(=O)c1c(Cl)cccc1Cl)NC(=O)c1c(Cl)cccc1Cl. The summed E-state index contributed by atoms with van der Waals surface area (Å²) in [6.45, 7) is 1.50. The van der Waals surface area contributed by atoms with Crippen LogP contribution in [0.5, 0.6) is 0 Å². The Morgan fingerprint density at radius 2 is 1.43 bits per heavy atom. The standard InChI is InChI=1S/C23H21Cl4N5O3/c24-13-3-1-4-14(25)18(13)21(33)30-11-17(20(28)23(35)31-12-7-9-29-10-8-12)32-22(34)19-15(26)5-2-6-16(19)27/h1-6,11-12,29H,7-10,28H2,(H,31,35)(H,32,34)/b20-17+,30-11?. The van der Waals surface area contributed by atoms with Crippen molar-refractivity contribution in [1.82, 2.24) is 16.0 Å². The van der Waals surface area contributed by atoms with Crippen molar-refractivity contribution in [3.05, 3.63) is 79.0 Å². The van der Waals surface area contributed by atoms with Crippen LogP contribution in [-0.2, 0) is 4.79 Å². The largest absolute Gasteiger partial charge is 0.393 e. The van der Waals surface area contributed by atoms with Crippen molar-refractivity contribution >= 4 is 70.3 Å². The van der Waals surface area contributed by atoms with Gasteiger partial charge in [-0.2, -0.15) is 0 Å². The second kappa shape index (κ2) is 12.4. The van der Waals surface area contributed by atoms with Crippen LogP contribution in [0.25, 0.3) is 0 Å². The number of aliphatic imine (C=N–C) groups is 1. The van der Waals surface area contributed by atoms with Gasteiger partial charge in [0, 0.05) is 6.04 Å². The van der Waals surface area contributed by atoms with Gasteiger partial charge in [-0.25, -0.2) is 4.99 Å². The number of amides is 3. The van der Waals surface area contributed by atoms with Crippen LogP contribution >= 0.6 is 46.4 Å². The number of halogens is 4. The molecule has 1 fully saturated rings. The highest BCUT2D eigenvalue weighted by atomic mass is 35.5. The maximum atomic E-state index is 12.9. The van der Waals surface area contributed by atoms with Crippen molar-refractivity contribution < 1.29 is 14.4 Å². The lowest BCUT2D eigenvalue weighted by Gasteiger charge is -2.24. The third-order valence-corrected chi connectivity index (χ3v) is 6.39. The second-order valence-electron chi connectivity index (χ2n) is 7.54. The summed E-state index contributed by atoms with van der Waals surface area (Å²) >= 11 is 24.4. The molecule has 12 heteroatoms. The number of benzene rings is 2. The number of hydrogen-bond donors (Lipinski definition) is 4. The van der Waals surface area contributed by atoms with E-state index in [1.165, 1.54) is 24.3 Å². The fourth-order valence-electron chi connectivity index (χ4n) is 3.31. The average molecular weight is 557 g/mol. The second-order valence-corrected chi connectivity index (χ2v) is 9.16. The first-order chi connectivity index (χ1) is 16.7. The van der Waals surface area contributed by atoms with Gasteiger partial charge in [-0.3, -0.25) is 14.4 Å². The van der Waals surface area contributed by atoms with Crippen molar-refractivity contribution in [2.75, 3.05) is 13.1 Å². The molecule has 0 radical (unpaired) electrons. The predicted octanol–water partition coefficient (Wildman–Crippen LogP) is 3.98. The molecule has 2 aromatic carbocycles. The molecule has 8 nitrogen and oxygen atoms in total. The number of nitrogens with one attached hydrogen (secondary N) is 3. The van der Waals surface area contributed by atoms with Crippen molar-refractivity contribution in [2.24, 2.45) is 10.7 Å². The molecule has 35 heavy (non-hydrogen) atoms. The molecule has 1 heterocycles. The number of allylic oxidation sites excluding steroid dienone is 1. The lowest BCUT2D eigenvalue weighted by molar-refractivity contribution is -0.118. The monoisotopic (exact) mass is 555 g/mol. The summed E-state index contributed by atoms with van der Waals surface area (Å²) in [6, 6.07) is 8.98. The molecule has 3 amide bonds. The topological polar surface area (TPSA) is 126 Å². The molecule has 0 aliphatic carbocycles. The van der Waals surface area contributed by atoms with Gasteiger partial charge >= 0.3 is 0 Å². The molecule has 3 rings (SSSR count). The molecule has 1 aliphatic heterocycles. The Morgan fingerprint density at radius 3 is 1.97 bits per heavy atom. The minimum atomic E-state index is -0.797. The van der Waals surface area contributed by atoms with E-state index in [-0.39, 0.29) is 48.7 Å². The molecule has 0 bridgehead atoms. The van der Waals surface area contributed by atoms with E-state index in [1.807, 2.05) is 0 Å². The third kappa shape index (κ3) is 6.96. The summed E-state index contributed by atoms with van der Waals surface area (Å²) in [4.78, 5) is 42.2. The summed E-state index contributed by atoms with van der Waals surface area (Å²) < 4.78 is 0. The summed E-state index contributed by atoms with van der Waals surface area (Å²) in [5.74, 6) is -2.18. The summed E-state index contributed by atoms with van der Waals surface area (Å²) in [5.41, 5.74) is 5.42. The normalized spacial score (nSPS) is 15.0. The summed E-state index contributed by atoms with van der Waals surface area (Å²) in [7, 11) is 0. The highest BCUT2D eigenvalue weighted by molar-refractivity contribution is 6.40. The number of carbonyl (C=O) groups excluding carboxylic acids is 3. The summed E-state index contributed by atoms with van der Waals surface area (Å²) in [6.07, 6.45) is 2.39. The molecule has 0 aromatic heterocycles. The van der Waals surface area contributed by atoms with E-state index in [4.69, 9.17) is 52.1 Å². The van der Waals surface area contributed by atoms with Gasteiger partial charge in [0.2, 0.25) is 0 Å². The van der Waals surface area contributed by atoms with Crippen LogP contribution in [-0.4, -0.2) is 43.1 Å². The zero-order valence-electron chi connectivity index (χ0n) is 18.2. The molecule has 1 aliphatic rings. The molecule has 0 atom stereocenters. The molecule has 5 N–H and O–H groups in total. The number of hydrogen-bond acceptors (Lipinski definition) is 5. The fraction of sp³-hybridized carbons (Fsp3) is 0.217. The lowest BCUT2D eigenvalue weighted by Crippen LogP contribution is -2.45. The Hall–Kier alpha value is -2.62. The first-order valence-electron chi connectivity index (χ1n) is 10.5. The van der Waals surface area contributed by atoms with Crippen LogP contribution in [0, 0.1) is 0 Å². The van der Waals surface area contributed by atoms with Crippen molar-refractivity contribution in [3.63, 3.8) is 0 Å². The van der Waals surface area contributed by atoms with Gasteiger partial charge in [-0.05, 0) is 50.2 Å². The number of carbonyl (C=O) groups is 3. The van der Waals surface area contributed by atoms with Gasteiger partial charge in [-0.1, -0.05) is 58.5 Å². The molecular formula is C23H21Cl4N5O3. The first kappa shape index (κ1) is 27.0. The Balaban J connectivity index is 1.93. The number of rotatable bonds is 6. The van der Waals surface area contributed by atoms with E-state index in [0.717, 1.165) is 19.3 Å². The third-order valence-electron chi connectivity index (χ3n) is 5.13. The maximum absolute atomic E-state index is 12.9. The van der Waals surface area contributed by atoms with E-state index < -0.39 is 17.7 Å². The average Bonchev–Trinajstić information content (AvgIpc) is 2.81. The molecule has 2 aromatic rings. The van der Waals surface area contributed by atoms with Crippen molar-refractivity contribution in [2.45, 2.75) is 18.9 Å².